The molecule has 31 heavy (non-hydrogen) atoms. The van der Waals surface area contributed by atoms with E-state index in [-0.39, 0.29) is 10.8 Å². The topological polar surface area (TPSA) is 149 Å². The van der Waals surface area contributed by atoms with E-state index in [0.29, 0.717) is 28.1 Å². The molecule has 156 valence electrons. The highest BCUT2D eigenvalue weighted by Crippen LogP contribution is 2.34. The fraction of sp³-hybridized carbons (Fsp3) is 0. The minimum absolute atomic E-state index is 0.0408. The van der Waals surface area contributed by atoms with Gasteiger partial charge in [0.15, 0.2) is 28.9 Å². The fourth-order valence-electron chi connectivity index (χ4n) is 2.63. The second kappa shape index (κ2) is 8.24. The van der Waals surface area contributed by atoms with Crippen LogP contribution in [0.3, 0.4) is 0 Å². The summed E-state index contributed by atoms with van der Waals surface area (Å²) >= 11 is 5.81. The zero-order chi connectivity index (χ0) is 22.0. The molecule has 0 aliphatic heterocycles. The molecule has 0 saturated heterocycles. The minimum Gasteiger partial charge on any atom is -0.504 e. The van der Waals surface area contributed by atoms with E-state index in [2.05, 4.69) is 35.8 Å². The smallest absolute Gasteiger partial charge is 0.200 e. The molecule has 0 saturated carbocycles. The minimum atomic E-state index is -0.619. The third-order valence-electron chi connectivity index (χ3n) is 4.08. The maximum absolute atomic E-state index is 13.4. The number of phenols is 3. The first-order valence-electron chi connectivity index (χ1n) is 8.64. The van der Waals surface area contributed by atoms with Crippen molar-refractivity contribution in [2.75, 3.05) is 10.7 Å². The van der Waals surface area contributed by atoms with Crippen molar-refractivity contribution in [3.8, 4) is 17.2 Å². The predicted octanol–water partition coefficient (Wildman–Crippen LogP) is 3.52. The molecule has 2 aromatic heterocycles. The molecule has 0 amide bonds. The summed E-state index contributed by atoms with van der Waals surface area (Å²) in [4.78, 5) is 16.6. The third-order valence-corrected chi connectivity index (χ3v) is 4.37. The van der Waals surface area contributed by atoms with E-state index < -0.39 is 23.1 Å². The molecule has 0 fully saturated rings. The van der Waals surface area contributed by atoms with Crippen molar-refractivity contribution in [1.82, 2.24) is 19.9 Å². The van der Waals surface area contributed by atoms with E-state index >= 15 is 0 Å². The van der Waals surface area contributed by atoms with E-state index in [1.165, 1.54) is 49.2 Å². The quantitative estimate of drug-likeness (QED) is 0.178. The van der Waals surface area contributed by atoms with Crippen molar-refractivity contribution in [3.63, 3.8) is 0 Å². The lowest BCUT2D eigenvalue weighted by Crippen LogP contribution is -2.02. The monoisotopic (exact) mass is 441 g/mol. The van der Waals surface area contributed by atoms with E-state index in [9.17, 15) is 19.7 Å². The molecule has 10 nitrogen and oxygen atoms in total. The first-order valence-corrected chi connectivity index (χ1v) is 9.02. The van der Waals surface area contributed by atoms with Gasteiger partial charge in [0.2, 0.25) is 0 Å². The van der Waals surface area contributed by atoms with Crippen LogP contribution in [0, 0.1) is 5.82 Å². The molecule has 4 aromatic rings. The van der Waals surface area contributed by atoms with Gasteiger partial charge in [-0.05, 0) is 30.3 Å². The molecule has 0 aliphatic carbocycles. The molecule has 2 heterocycles. The Morgan fingerprint density at radius 1 is 0.903 bits per heavy atom. The van der Waals surface area contributed by atoms with Crippen molar-refractivity contribution in [2.24, 2.45) is 5.10 Å². The predicted molar refractivity (Wildman–Crippen MR) is 112 cm³/mol. The van der Waals surface area contributed by atoms with Gasteiger partial charge in [-0.15, -0.1) is 0 Å². The second-order valence-electron chi connectivity index (χ2n) is 6.17. The van der Waals surface area contributed by atoms with Crippen molar-refractivity contribution in [3.05, 3.63) is 59.4 Å². The maximum atomic E-state index is 13.4. The second-order valence-corrected chi connectivity index (χ2v) is 6.58. The summed E-state index contributed by atoms with van der Waals surface area (Å²) in [6.45, 7) is 0. The van der Waals surface area contributed by atoms with Gasteiger partial charge in [0, 0.05) is 11.3 Å². The molecule has 0 bridgehead atoms. The number of nitrogens with zero attached hydrogens (tertiary/aromatic N) is 5. The van der Waals surface area contributed by atoms with Crippen LogP contribution in [-0.4, -0.2) is 41.5 Å². The SMILES string of the molecule is Oc1cc(C=NNc2ncnc3c(Nc4ccc(F)c(Cl)c4)ncnc23)cc(O)c1O. The number of fused-ring (bicyclic) bond motifs is 1. The van der Waals surface area contributed by atoms with Gasteiger partial charge < -0.3 is 20.6 Å². The Bertz CT molecular complexity index is 1300. The third kappa shape index (κ3) is 4.21. The Hall–Kier alpha value is -4.25. The fourth-order valence-corrected chi connectivity index (χ4v) is 2.81. The van der Waals surface area contributed by atoms with Crippen LogP contribution in [-0.2, 0) is 0 Å². The molecule has 0 spiro atoms. The van der Waals surface area contributed by atoms with Crippen molar-refractivity contribution in [1.29, 1.82) is 0 Å². The van der Waals surface area contributed by atoms with E-state index in [4.69, 9.17) is 11.6 Å². The summed E-state index contributed by atoms with van der Waals surface area (Å²) in [6.07, 6.45) is 3.88. The average molecular weight is 442 g/mol. The first kappa shape index (κ1) is 20.0. The highest BCUT2D eigenvalue weighted by molar-refractivity contribution is 6.31. The number of aromatic nitrogens is 4. The Kier molecular flexibility index (Phi) is 5.33. The van der Waals surface area contributed by atoms with Crippen LogP contribution in [0.15, 0.2) is 48.1 Å². The lowest BCUT2D eigenvalue weighted by atomic mass is 10.2. The Labute approximate surface area is 178 Å². The number of hydrogen-bond acceptors (Lipinski definition) is 10. The number of phenolic OH excluding ortho intramolecular Hbond substituents is 3. The van der Waals surface area contributed by atoms with Gasteiger partial charge >= 0.3 is 0 Å². The van der Waals surface area contributed by atoms with Crippen LogP contribution in [0.25, 0.3) is 11.0 Å². The first-order chi connectivity index (χ1) is 14.9. The average Bonchev–Trinajstić information content (AvgIpc) is 2.75. The Morgan fingerprint density at radius 2 is 1.55 bits per heavy atom. The summed E-state index contributed by atoms with van der Waals surface area (Å²) < 4.78 is 13.4. The molecule has 5 N–H and O–H groups in total. The van der Waals surface area contributed by atoms with Crippen LogP contribution in [0.2, 0.25) is 5.02 Å². The highest BCUT2D eigenvalue weighted by Gasteiger charge is 2.11. The highest BCUT2D eigenvalue weighted by atomic mass is 35.5. The van der Waals surface area contributed by atoms with Crippen LogP contribution in [0.1, 0.15) is 5.56 Å². The normalized spacial score (nSPS) is 11.2. The maximum Gasteiger partial charge on any atom is 0.200 e. The molecule has 2 aromatic carbocycles. The number of hydrazone groups is 1. The zero-order valence-corrected chi connectivity index (χ0v) is 16.2. The van der Waals surface area contributed by atoms with Gasteiger partial charge in [-0.1, -0.05) is 11.6 Å². The van der Waals surface area contributed by atoms with Crippen LogP contribution >= 0.6 is 11.6 Å². The van der Waals surface area contributed by atoms with Gasteiger partial charge in [0.1, 0.15) is 29.5 Å². The van der Waals surface area contributed by atoms with Gasteiger partial charge in [0.05, 0.1) is 11.2 Å². The number of aromatic hydroxyl groups is 3. The molecule has 4 rings (SSSR count). The number of hydrogen-bond donors (Lipinski definition) is 5. The largest absolute Gasteiger partial charge is 0.504 e. The number of rotatable bonds is 5. The van der Waals surface area contributed by atoms with Crippen molar-refractivity contribution in [2.45, 2.75) is 0 Å². The number of nitrogens with one attached hydrogen (secondary N) is 2. The van der Waals surface area contributed by atoms with Crippen LogP contribution < -0.4 is 10.7 Å². The number of anilines is 3. The molecule has 0 radical (unpaired) electrons. The van der Waals surface area contributed by atoms with Crippen molar-refractivity contribution < 1.29 is 19.7 Å². The molecule has 0 atom stereocenters. The molecular weight excluding hydrogens is 429 g/mol. The summed E-state index contributed by atoms with van der Waals surface area (Å²) in [7, 11) is 0. The van der Waals surface area contributed by atoms with Gasteiger partial charge in [0.25, 0.3) is 0 Å². The number of halogens is 2. The summed E-state index contributed by atoms with van der Waals surface area (Å²) in [6, 6.07) is 6.58. The molecule has 0 aliphatic rings. The van der Waals surface area contributed by atoms with Gasteiger partial charge in [-0.2, -0.15) is 5.10 Å². The number of benzene rings is 2. The van der Waals surface area contributed by atoms with Crippen LogP contribution in [0.4, 0.5) is 21.7 Å². The van der Waals surface area contributed by atoms with Gasteiger partial charge in [-0.3, -0.25) is 5.43 Å². The van der Waals surface area contributed by atoms with Gasteiger partial charge in [-0.25, -0.2) is 24.3 Å². The molecule has 12 heteroatoms. The Balaban J connectivity index is 1.61. The molecule has 0 unspecified atom stereocenters. The van der Waals surface area contributed by atoms with E-state index in [1.54, 1.807) is 0 Å². The summed E-state index contributed by atoms with van der Waals surface area (Å²) in [5, 5.41) is 35.5. The zero-order valence-electron chi connectivity index (χ0n) is 15.5. The lowest BCUT2D eigenvalue weighted by molar-refractivity contribution is 0.368. The summed E-state index contributed by atoms with van der Waals surface area (Å²) in [5.41, 5.74) is 4.25. The van der Waals surface area contributed by atoms with Crippen LogP contribution in [0.5, 0.6) is 17.2 Å². The summed E-state index contributed by atoms with van der Waals surface area (Å²) in [5.74, 6) is -1.53. The van der Waals surface area contributed by atoms with E-state index in [1.807, 2.05) is 0 Å². The molecular formula is C19H13ClFN7O3. The lowest BCUT2D eigenvalue weighted by Gasteiger charge is -2.09. The van der Waals surface area contributed by atoms with Crippen molar-refractivity contribution >= 4 is 46.2 Å². The van der Waals surface area contributed by atoms with E-state index in [0.717, 1.165) is 0 Å². The Morgan fingerprint density at radius 3 is 2.23 bits per heavy atom. The standard InChI is InChI=1S/C19H13ClFN7O3/c20-11-5-10(1-2-12(11)21)27-18-15-16(23-7-24-18)19(25-8-22-15)28-26-6-9-3-13(29)17(31)14(30)4-9/h1-8,29-31H,(H,22,25,28)(H,23,24,27).